The van der Waals surface area contributed by atoms with E-state index in [1.54, 1.807) is 42.3 Å². The van der Waals surface area contributed by atoms with Crippen LogP contribution in [-0.4, -0.2) is 39.4 Å². The third-order valence-electron chi connectivity index (χ3n) is 5.08. The molecule has 0 unspecified atom stereocenters. The molecule has 0 amide bonds. The lowest BCUT2D eigenvalue weighted by Crippen LogP contribution is -2.22. The Morgan fingerprint density at radius 2 is 1.94 bits per heavy atom. The highest BCUT2D eigenvalue weighted by atomic mass is 28.3. The maximum absolute atomic E-state index is 14.2. The smallest absolute Gasteiger partial charge is 0.216 e. The number of hydrogen-bond donors (Lipinski definition) is 0. The van der Waals surface area contributed by atoms with Crippen LogP contribution in [0.1, 0.15) is 5.56 Å². The molecule has 8 heteroatoms. The van der Waals surface area contributed by atoms with Crippen molar-refractivity contribution >= 4 is 19.0 Å². The zero-order chi connectivity index (χ0) is 22.0. The van der Waals surface area contributed by atoms with Crippen LogP contribution in [0.4, 0.5) is 4.39 Å². The SMILES string of the molecule is Cc1ccc(-c2nn(COCC[Si](C)(C)C)c3cnc(-c4cccnc4)cc23)nc1F. The second-order valence-electron chi connectivity index (χ2n) is 8.83. The van der Waals surface area contributed by atoms with Crippen LogP contribution in [0.25, 0.3) is 33.5 Å². The first-order chi connectivity index (χ1) is 14.8. The number of halogens is 1. The first kappa shape index (κ1) is 21.3. The van der Waals surface area contributed by atoms with Crippen LogP contribution in [0, 0.1) is 12.9 Å². The van der Waals surface area contributed by atoms with E-state index < -0.39 is 14.0 Å². The van der Waals surface area contributed by atoms with Gasteiger partial charge in [0.2, 0.25) is 5.95 Å². The van der Waals surface area contributed by atoms with Crippen molar-refractivity contribution in [3.05, 3.63) is 60.4 Å². The molecule has 0 aromatic carbocycles. The second-order valence-corrected chi connectivity index (χ2v) is 14.5. The predicted molar refractivity (Wildman–Crippen MR) is 123 cm³/mol. The van der Waals surface area contributed by atoms with Gasteiger partial charge in [-0.1, -0.05) is 25.7 Å². The quantitative estimate of drug-likeness (QED) is 0.223. The Labute approximate surface area is 182 Å². The van der Waals surface area contributed by atoms with E-state index in [4.69, 9.17) is 9.84 Å². The minimum absolute atomic E-state index is 0.309. The number of rotatable bonds is 7. The standard InChI is InChI=1S/C23H26FN5OSi/c1-16-7-8-19(27-23(16)24)22-18-12-20(17-6-5-9-25-13-17)26-14-21(18)29(28-22)15-30-10-11-31(2,3)4/h5-9,12-14H,10-11,15H2,1-4H3. The predicted octanol–water partition coefficient (Wildman–Crippen LogP) is 5.32. The maximum atomic E-state index is 14.2. The third kappa shape index (κ3) is 4.86. The molecule has 31 heavy (non-hydrogen) atoms. The Bertz CT molecular complexity index is 1200. The van der Waals surface area contributed by atoms with Gasteiger partial charge >= 0.3 is 0 Å². The minimum atomic E-state index is -1.18. The molecule has 0 saturated carbocycles. The number of aromatic nitrogens is 5. The van der Waals surface area contributed by atoms with Gasteiger partial charge in [0, 0.05) is 43.6 Å². The van der Waals surface area contributed by atoms with Crippen LogP contribution < -0.4 is 0 Å². The van der Waals surface area contributed by atoms with Gasteiger partial charge in [-0.3, -0.25) is 9.97 Å². The van der Waals surface area contributed by atoms with Crippen LogP contribution in [0.15, 0.2) is 48.9 Å². The first-order valence-corrected chi connectivity index (χ1v) is 14.0. The molecular weight excluding hydrogens is 409 g/mol. The van der Waals surface area contributed by atoms with E-state index in [2.05, 4.69) is 34.6 Å². The van der Waals surface area contributed by atoms with Crippen molar-refractivity contribution < 1.29 is 9.13 Å². The van der Waals surface area contributed by atoms with Gasteiger partial charge in [-0.25, -0.2) is 9.67 Å². The number of ether oxygens (including phenoxy) is 1. The molecule has 4 rings (SSSR count). The molecule has 6 nitrogen and oxygen atoms in total. The highest BCUT2D eigenvalue weighted by Crippen LogP contribution is 2.30. The van der Waals surface area contributed by atoms with E-state index in [0.29, 0.717) is 30.3 Å². The molecule has 0 spiro atoms. The Hall–Kier alpha value is -2.97. The lowest BCUT2D eigenvalue weighted by molar-refractivity contribution is 0.0818. The van der Waals surface area contributed by atoms with Gasteiger partial charge in [0.25, 0.3) is 0 Å². The summed E-state index contributed by atoms with van der Waals surface area (Å²) in [6.07, 6.45) is 5.27. The van der Waals surface area contributed by atoms with Crippen molar-refractivity contribution in [3.8, 4) is 22.6 Å². The van der Waals surface area contributed by atoms with Gasteiger partial charge in [0.1, 0.15) is 12.4 Å². The first-order valence-electron chi connectivity index (χ1n) is 10.3. The molecule has 0 radical (unpaired) electrons. The number of fused-ring (bicyclic) bond motifs is 1. The molecule has 4 heterocycles. The van der Waals surface area contributed by atoms with Gasteiger partial charge in [-0.05, 0) is 37.2 Å². The minimum Gasteiger partial charge on any atom is -0.360 e. The highest BCUT2D eigenvalue weighted by molar-refractivity contribution is 6.76. The van der Waals surface area contributed by atoms with Crippen LogP contribution >= 0.6 is 0 Å². The van der Waals surface area contributed by atoms with Crippen molar-refractivity contribution in [3.63, 3.8) is 0 Å². The summed E-state index contributed by atoms with van der Waals surface area (Å²) in [5, 5.41) is 5.56. The van der Waals surface area contributed by atoms with Crippen LogP contribution in [-0.2, 0) is 11.5 Å². The maximum Gasteiger partial charge on any atom is 0.216 e. The topological polar surface area (TPSA) is 65.7 Å². The Morgan fingerprint density at radius 1 is 1.10 bits per heavy atom. The summed E-state index contributed by atoms with van der Waals surface area (Å²) in [6, 6.07) is 10.4. The number of hydrogen-bond acceptors (Lipinski definition) is 5. The molecule has 0 aliphatic heterocycles. The monoisotopic (exact) mass is 435 g/mol. The van der Waals surface area contributed by atoms with Gasteiger partial charge < -0.3 is 4.74 Å². The van der Waals surface area contributed by atoms with E-state index in [0.717, 1.165) is 28.2 Å². The summed E-state index contributed by atoms with van der Waals surface area (Å²) in [7, 11) is -1.18. The van der Waals surface area contributed by atoms with Crippen molar-refractivity contribution in [1.29, 1.82) is 0 Å². The van der Waals surface area contributed by atoms with E-state index >= 15 is 0 Å². The number of pyridine rings is 3. The fraction of sp³-hybridized carbons (Fsp3) is 0.304. The summed E-state index contributed by atoms with van der Waals surface area (Å²) in [4.78, 5) is 12.9. The van der Waals surface area contributed by atoms with Crippen LogP contribution in [0.5, 0.6) is 0 Å². The normalized spacial score (nSPS) is 11.9. The summed E-state index contributed by atoms with van der Waals surface area (Å²) >= 11 is 0. The van der Waals surface area contributed by atoms with Crippen LogP contribution in [0.2, 0.25) is 25.7 Å². The summed E-state index contributed by atoms with van der Waals surface area (Å²) in [6.45, 7) is 9.64. The average Bonchev–Trinajstić information content (AvgIpc) is 3.11. The zero-order valence-corrected chi connectivity index (χ0v) is 19.3. The lowest BCUT2D eigenvalue weighted by Gasteiger charge is -2.15. The van der Waals surface area contributed by atoms with E-state index in [1.165, 1.54) is 0 Å². The molecule has 0 aliphatic rings. The number of nitrogens with zero attached hydrogens (tertiary/aromatic N) is 5. The Morgan fingerprint density at radius 3 is 2.65 bits per heavy atom. The third-order valence-corrected chi connectivity index (χ3v) is 6.79. The second kappa shape index (κ2) is 8.64. The largest absolute Gasteiger partial charge is 0.360 e. The summed E-state index contributed by atoms with van der Waals surface area (Å²) < 4.78 is 21.9. The molecule has 0 atom stereocenters. The molecule has 0 N–H and O–H groups in total. The molecule has 4 aromatic heterocycles. The van der Waals surface area contributed by atoms with Crippen molar-refractivity contribution in [2.45, 2.75) is 39.3 Å². The van der Waals surface area contributed by atoms with Gasteiger partial charge in [0.15, 0.2) is 0 Å². The Kier molecular flexibility index (Phi) is 5.93. The van der Waals surface area contributed by atoms with Gasteiger partial charge in [-0.2, -0.15) is 9.49 Å². The van der Waals surface area contributed by atoms with Crippen molar-refractivity contribution in [1.82, 2.24) is 24.7 Å². The summed E-state index contributed by atoms with van der Waals surface area (Å²) in [5.74, 6) is -0.492. The average molecular weight is 436 g/mol. The fourth-order valence-electron chi connectivity index (χ4n) is 3.20. The van der Waals surface area contributed by atoms with Crippen molar-refractivity contribution in [2.24, 2.45) is 0 Å². The number of aryl methyl sites for hydroxylation is 1. The van der Waals surface area contributed by atoms with Gasteiger partial charge in [0.05, 0.1) is 23.1 Å². The highest BCUT2D eigenvalue weighted by Gasteiger charge is 2.17. The summed E-state index contributed by atoms with van der Waals surface area (Å²) in [5.41, 5.74) is 4.08. The molecule has 0 aliphatic carbocycles. The molecular formula is C23H26FN5OSi. The lowest BCUT2D eigenvalue weighted by atomic mass is 10.1. The fourth-order valence-corrected chi connectivity index (χ4v) is 3.95. The molecule has 0 fully saturated rings. The molecule has 160 valence electrons. The van der Waals surface area contributed by atoms with Crippen molar-refractivity contribution in [2.75, 3.05) is 6.61 Å². The molecule has 0 bridgehead atoms. The zero-order valence-electron chi connectivity index (χ0n) is 18.3. The van der Waals surface area contributed by atoms with Gasteiger partial charge in [-0.15, -0.1) is 0 Å². The molecule has 4 aromatic rings. The van der Waals surface area contributed by atoms with E-state index in [-0.39, 0.29) is 0 Å². The van der Waals surface area contributed by atoms with E-state index in [9.17, 15) is 4.39 Å². The van der Waals surface area contributed by atoms with E-state index in [1.807, 2.05) is 18.2 Å². The molecule has 0 saturated heterocycles. The van der Waals surface area contributed by atoms with Crippen LogP contribution in [0.3, 0.4) is 0 Å². The Balaban J connectivity index is 1.75.